The molecule has 5 nitrogen and oxygen atoms in total. The highest BCUT2D eigenvalue weighted by Gasteiger charge is 2.30. The van der Waals surface area contributed by atoms with E-state index in [1.54, 1.807) is 16.9 Å². The number of nitrogens with one attached hydrogen (secondary N) is 1. The predicted octanol–water partition coefficient (Wildman–Crippen LogP) is 4.00. The summed E-state index contributed by atoms with van der Waals surface area (Å²) in [7, 11) is 0. The number of carbonyl (C=O) groups excluding carboxylic acids is 1. The van der Waals surface area contributed by atoms with Crippen molar-refractivity contribution in [1.82, 2.24) is 14.8 Å². The number of amides is 1. The van der Waals surface area contributed by atoms with Gasteiger partial charge in [0.2, 0.25) is 5.91 Å². The van der Waals surface area contributed by atoms with Crippen molar-refractivity contribution in [3.05, 3.63) is 36.2 Å². The van der Waals surface area contributed by atoms with Gasteiger partial charge in [-0.1, -0.05) is 18.7 Å². The first-order chi connectivity index (χ1) is 11.3. The average Bonchev–Trinajstić information content (AvgIpc) is 3.00. The van der Waals surface area contributed by atoms with Gasteiger partial charge in [0.05, 0.1) is 28.6 Å². The number of hydrogen-bond acceptors (Lipinski definition) is 4. The second kappa shape index (κ2) is 7.69. The Morgan fingerprint density at radius 2 is 2.12 bits per heavy atom. The molecular weight excluding hydrogens is 341 g/mol. The lowest BCUT2D eigenvalue weighted by Crippen LogP contribution is -2.19. The lowest BCUT2D eigenvalue weighted by atomic mass is 10.3. The SMILES string of the molecule is CCC(C)n1nccc1NC(=O)CSc1ccc(C(F)(F)F)cn1. The van der Waals surface area contributed by atoms with Crippen molar-refractivity contribution < 1.29 is 18.0 Å². The Balaban J connectivity index is 1.91. The molecule has 2 aromatic rings. The minimum atomic E-state index is -4.41. The fourth-order valence-electron chi connectivity index (χ4n) is 1.89. The van der Waals surface area contributed by atoms with Crippen LogP contribution in [-0.4, -0.2) is 26.4 Å². The van der Waals surface area contributed by atoms with E-state index in [-0.39, 0.29) is 17.7 Å². The first-order valence-corrected chi connectivity index (χ1v) is 8.29. The van der Waals surface area contributed by atoms with Gasteiger partial charge in [-0.25, -0.2) is 9.67 Å². The van der Waals surface area contributed by atoms with Crippen LogP contribution in [0.25, 0.3) is 0 Å². The standard InChI is InChI=1S/C15H17F3N4OS/c1-3-10(2)22-12(6-7-20-22)21-13(23)9-24-14-5-4-11(8-19-14)15(16,17)18/h4-8,10H,3,9H2,1-2H3,(H,21,23). The summed E-state index contributed by atoms with van der Waals surface area (Å²) in [5.41, 5.74) is -0.811. The fourth-order valence-corrected chi connectivity index (χ4v) is 2.53. The Labute approximate surface area is 141 Å². The first-order valence-electron chi connectivity index (χ1n) is 7.30. The van der Waals surface area contributed by atoms with E-state index in [9.17, 15) is 18.0 Å². The van der Waals surface area contributed by atoms with E-state index in [2.05, 4.69) is 15.4 Å². The second-order valence-corrected chi connectivity index (χ2v) is 6.13. The van der Waals surface area contributed by atoms with Crippen LogP contribution < -0.4 is 5.32 Å². The molecule has 0 radical (unpaired) electrons. The van der Waals surface area contributed by atoms with Crippen LogP contribution in [0.1, 0.15) is 31.9 Å². The number of halogens is 3. The molecule has 2 heterocycles. The van der Waals surface area contributed by atoms with Crippen molar-refractivity contribution in [3.63, 3.8) is 0 Å². The molecule has 0 aliphatic carbocycles. The summed E-state index contributed by atoms with van der Waals surface area (Å²) in [4.78, 5) is 15.7. The van der Waals surface area contributed by atoms with Gasteiger partial charge in [-0.3, -0.25) is 4.79 Å². The summed E-state index contributed by atoms with van der Waals surface area (Å²) >= 11 is 1.07. The number of rotatable bonds is 6. The van der Waals surface area contributed by atoms with Gasteiger partial charge in [0, 0.05) is 12.3 Å². The maximum Gasteiger partial charge on any atom is 0.417 e. The zero-order valence-corrected chi connectivity index (χ0v) is 14.0. The zero-order chi connectivity index (χ0) is 17.7. The van der Waals surface area contributed by atoms with Crippen LogP contribution in [0, 0.1) is 0 Å². The highest BCUT2D eigenvalue weighted by Crippen LogP contribution is 2.29. The monoisotopic (exact) mass is 358 g/mol. The van der Waals surface area contributed by atoms with Crippen LogP contribution in [0.5, 0.6) is 0 Å². The largest absolute Gasteiger partial charge is 0.417 e. The van der Waals surface area contributed by atoms with Crippen LogP contribution in [-0.2, 0) is 11.0 Å². The molecule has 0 aromatic carbocycles. The van der Waals surface area contributed by atoms with Crippen molar-refractivity contribution in [2.24, 2.45) is 0 Å². The molecule has 0 aliphatic heterocycles. The van der Waals surface area contributed by atoms with Gasteiger partial charge in [0.25, 0.3) is 0 Å². The Morgan fingerprint density at radius 1 is 1.38 bits per heavy atom. The molecule has 0 fully saturated rings. The first kappa shape index (κ1) is 18.3. The summed E-state index contributed by atoms with van der Waals surface area (Å²) < 4.78 is 39.1. The zero-order valence-electron chi connectivity index (χ0n) is 13.2. The van der Waals surface area contributed by atoms with Gasteiger partial charge in [-0.2, -0.15) is 18.3 Å². The van der Waals surface area contributed by atoms with Gasteiger partial charge >= 0.3 is 6.18 Å². The number of nitrogens with zero attached hydrogens (tertiary/aromatic N) is 3. The predicted molar refractivity (Wildman–Crippen MR) is 85.8 cm³/mol. The van der Waals surface area contributed by atoms with Gasteiger partial charge in [-0.15, -0.1) is 0 Å². The molecule has 2 rings (SSSR count). The lowest BCUT2D eigenvalue weighted by molar-refractivity contribution is -0.137. The number of hydrogen-bond donors (Lipinski definition) is 1. The third-order valence-corrected chi connectivity index (χ3v) is 4.30. The number of anilines is 1. The minimum absolute atomic E-state index is 0.0457. The van der Waals surface area contributed by atoms with Crippen molar-refractivity contribution in [2.75, 3.05) is 11.1 Å². The molecule has 1 N–H and O–H groups in total. The van der Waals surface area contributed by atoms with Crippen LogP contribution in [0.4, 0.5) is 19.0 Å². The number of thioether (sulfide) groups is 1. The molecule has 9 heteroatoms. The molecule has 0 spiro atoms. The molecule has 1 amide bonds. The second-order valence-electron chi connectivity index (χ2n) is 5.14. The smallest absolute Gasteiger partial charge is 0.310 e. The normalized spacial score (nSPS) is 12.9. The summed E-state index contributed by atoms with van der Waals surface area (Å²) in [6.45, 7) is 4.01. The molecule has 2 aromatic heterocycles. The van der Waals surface area contributed by atoms with Crippen molar-refractivity contribution in [1.29, 1.82) is 0 Å². The fraction of sp³-hybridized carbons (Fsp3) is 0.400. The van der Waals surface area contributed by atoms with E-state index in [1.165, 1.54) is 6.07 Å². The summed E-state index contributed by atoms with van der Waals surface area (Å²) in [6.07, 6.45) is -1.18. The number of pyridine rings is 1. The summed E-state index contributed by atoms with van der Waals surface area (Å²) in [5.74, 6) is 0.367. The molecule has 0 saturated heterocycles. The molecule has 1 atom stereocenters. The van der Waals surface area contributed by atoms with E-state index in [0.717, 1.165) is 30.4 Å². The highest BCUT2D eigenvalue weighted by atomic mass is 32.2. The molecule has 1 unspecified atom stereocenters. The molecular formula is C15H17F3N4OS. The van der Waals surface area contributed by atoms with E-state index < -0.39 is 11.7 Å². The van der Waals surface area contributed by atoms with E-state index >= 15 is 0 Å². The Hall–Kier alpha value is -2.03. The van der Waals surface area contributed by atoms with Gasteiger partial charge in [0.15, 0.2) is 0 Å². The minimum Gasteiger partial charge on any atom is -0.310 e. The van der Waals surface area contributed by atoms with Gasteiger partial charge in [0.1, 0.15) is 5.82 Å². The molecule has 0 bridgehead atoms. The maximum absolute atomic E-state index is 12.5. The third kappa shape index (κ3) is 4.73. The van der Waals surface area contributed by atoms with E-state index in [1.807, 2.05) is 13.8 Å². The summed E-state index contributed by atoms with van der Waals surface area (Å²) in [5, 5.41) is 7.27. The average molecular weight is 358 g/mol. The molecule has 0 saturated carbocycles. The molecule has 130 valence electrons. The van der Waals surface area contributed by atoms with Crippen molar-refractivity contribution >= 4 is 23.5 Å². The Morgan fingerprint density at radius 3 is 2.71 bits per heavy atom. The quantitative estimate of drug-likeness (QED) is 0.793. The molecule has 24 heavy (non-hydrogen) atoms. The number of alkyl halides is 3. The van der Waals surface area contributed by atoms with Crippen LogP contribution in [0.2, 0.25) is 0 Å². The van der Waals surface area contributed by atoms with Crippen LogP contribution >= 0.6 is 11.8 Å². The van der Waals surface area contributed by atoms with Crippen molar-refractivity contribution in [3.8, 4) is 0 Å². The number of aromatic nitrogens is 3. The molecule has 0 aliphatic rings. The highest BCUT2D eigenvalue weighted by molar-refractivity contribution is 7.99. The van der Waals surface area contributed by atoms with Crippen molar-refractivity contribution in [2.45, 2.75) is 37.5 Å². The number of carbonyl (C=O) groups is 1. The Bertz CT molecular complexity index is 685. The van der Waals surface area contributed by atoms with Crippen LogP contribution in [0.3, 0.4) is 0 Å². The third-order valence-electron chi connectivity index (χ3n) is 3.36. The lowest BCUT2D eigenvalue weighted by Gasteiger charge is -2.14. The van der Waals surface area contributed by atoms with E-state index in [0.29, 0.717) is 10.8 Å². The van der Waals surface area contributed by atoms with Crippen LogP contribution in [0.15, 0.2) is 35.6 Å². The maximum atomic E-state index is 12.5. The summed E-state index contributed by atoms with van der Waals surface area (Å²) in [6, 6.07) is 4.06. The van der Waals surface area contributed by atoms with Gasteiger partial charge in [-0.05, 0) is 25.5 Å². The van der Waals surface area contributed by atoms with Gasteiger partial charge < -0.3 is 5.32 Å². The Kier molecular flexibility index (Phi) is 5.87. The topological polar surface area (TPSA) is 59.8 Å². The van der Waals surface area contributed by atoms with E-state index in [4.69, 9.17) is 0 Å².